The molecule has 1 amide bonds. The van der Waals surface area contributed by atoms with E-state index in [9.17, 15) is 9.18 Å². The molecule has 3 aromatic rings. The standard InChI is InChI=1S/C25H24ClFN2O2/c1-16(24(30)29-12-2-8-25(15-29)9-10-25)31-18-4-6-21-19(7-11-28-23(21)14-18)20-5-3-17(27)13-22(20)26/h3-7,11,13-14,16H,2,8-10,12,15H2,1H3/t16-/m1/s1. The van der Waals surface area contributed by atoms with Crippen LogP contribution in [0.5, 0.6) is 5.75 Å². The van der Waals surface area contributed by atoms with Crippen LogP contribution in [0.4, 0.5) is 4.39 Å². The molecule has 0 radical (unpaired) electrons. The molecule has 2 fully saturated rings. The van der Waals surface area contributed by atoms with Crippen molar-refractivity contribution in [1.82, 2.24) is 9.88 Å². The summed E-state index contributed by atoms with van der Waals surface area (Å²) in [6.07, 6.45) is 5.93. The van der Waals surface area contributed by atoms with Crippen LogP contribution in [0.2, 0.25) is 5.02 Å². The van der Waals surface area contributed by atoms with Crippen LogP contribution in [-0.4, -0.2) is 35.0 Å². The molecule has 31 heavy (non-hydrogen) atoms. The van der Waals surface area contributed by atoms with Crippen LogP contribution in [0.25, 0.3) is 22.0 Å². The van der Waals surface area contributed by atoms with Crippen LogP contribution in [0.3, 0.4) is 0 Å². The summed E-state index contributed by atoms with van der Waals surface area (Å²) in [5.41, 5.74) is 2.73. The molecule has 1 aliphatic heterocycles. The molecule has 0 unspecified atom stereocenters. The Bertz CT molecular complexity index is 1160. The summed E-state index contributed by atoms with van der Waals surface area (Å²) in [6, 6.07) is 11.8. The van der Waals surface area contributed by atoms with E-state index in [4.69, 9.17) is 16.3 Å². The zero-order chi connectivity index (χ0) is 21.6. The number of carbonyl (C=O) groups excluding carboxylic acids is 1. The van der Waals surface area contributed by atoms with Gasteiger partial charge in [-0.25, -0.2) is 4.39 Å². The lowest BCUT2D eigenvalue weighted by Gasteiger charge is -2.34. The van der Waals surface area contributed by atoms with Gasteiger partial charge in [0.2, 0.25) is 0 Å². The second-order valence-corrected chi connectivity index (χ2v) is 9.19. The molecule has 4 nitrogen and oxygen atoms in total. The second kappa shape index (κ2) is 7.79. The van der Waals surface area contributed by atoms with Crippen molar-refractivity contribution in [3.8, 4) is 16.9 Å². The zero-order valence-electron chi connectivity index (χ0n) is 17.4. The van der Waals surface area contributed by atoms with E-state index in [0.717, 1.165) is 41.5 Å². The minimum Gasteiger partial charge on any atom is -0.481 e. The average Bonchev–Trinajstić information content (AvgIpc) is 3.51. The number of amides is 1. The summed E-state index contributed by atoms with van der Waals surface area (Å²) in [4.78, 5) is 19.3. The Hall–Kier alpha value is -2.66. The van der Waals surface area contributed by atoms with Gasteiger partial charge in [-0.15, -0.1) is 0 Å². The number of benzene rings is 2. The molecular weight excluding hydrogens is 415 g/mol. The molecule has 2 heterocycles. The smallest absolute Gasteiger partial charge is 0.263 e. The van der Waals surface area contributed by atoms with Gasteiger partial charge in [-0.05, 0) is 80.0 Å². The minimum atomic E-state index is -0.555. The van der Waals surface area contributed by atoms with Crippen LogP contribution in [0, 0.1) is 11.2 Å². The number of piperidine rings is 1. The SMILES string of the molecule is C[C@@H](Oc1ccc2c(-c3ccc(F)cc3Cl)ccnc2c1)C(=O)N1CCCC2(CC2)C1. The molecule has 2 aliphatic rings. The van der Waals surface area contributed by atoms with Gasteiger partial charge in [0, 0.05) is 36.3 Å². The highest BCUT2D eigenvalue weighted by Crippen LogP contribution is 2.52. The highest BCUT2D eigenvalue weighted by atomic mass is 35.5. The molecule has 5 rings (SSSR count). The van der Waals surface area contributed by atoms with Gasteiger partial charge in [0.05, 0.1) is 10.5 Å². The molecule has 1 aromatic heterocycles. The zero-order valence-corrected chi connectivity index (χ0v) is 18.2. The van der Waals surface area contributed by atoms with Gasteiger partial charge in [-0.3, -0.25) is 9.78 Å². The predicted molar refractivity (Wildman–Crippen MR) is 120 cm³/mol. The summed E-state index contributed by atoms with van der Waals surface area (Å²) >= 11 is 6.27. The number of hydrogen-bond donors (Lipinski definition) is 0. The number of pyridine rings is 1. The number of rotatable bonds is 4. The lowest BCUT2D eigenvalue weighted by atomic mass is 9.95. The first kappa shape index (κ1) is 20.3. The number of fused-ring (bicyclic) bond motifs is 1. The van der Waals surface area contributed by atoms with Crippen molar-refractivity contribution in [2.45, 2.75) is 38.7 Å². The minimum absolute atomic E-state index is 0.0471. The Morgan fingerprint density at radius 3 is 2.77 bits per heavy atom. The average molecular weight is 439 g/mol. The largest absolute Gasteiger partial charge is 0.481 e. The molecule has 2 aromatic carbocycles. The summed E-state index contributed by atoms with van der Waals surface area (Å²) in [6.45, 7) is 3.48. The summed E-state index contributed by atoms with van der Waals surface area (Å²) in [7, 11) is 0. The maximum atomic E-state index is 13.5. The van der Waals surface area contributed by atoms with Crippen molar-refractivity contribution in [3.63, 3.8) is 0 Å². The first-order chi connectivity index (χ1) is 14.9. The lowest BCUT2D eigenvalue weighted by molar-refractivity contribution is -0.140. The molecule has 1 spiro atoms. The van der Waals surface area contributed by atoms with Gasteiger partial charge in [0.15, 0.2) is 6.10 Å². The second-order valence-electron chi connectivity index (χ2n) is 8.79. The molecule has 1 saturated carbocycles. The van der Waals surface area contributed by atoms with E-state index in [1.54, 1.807) is 12.3 Å². The van der Waals surface area contributed by atoms with Crippen molar-refractivity contribution in [1.29, 1.82) is 0 Å². The Balaban J connectivity index is 1.37. The summed E-state index contributed by atoms with van der Waals surface area (Å²) < 4.78 is 19.5. The maximum absolute atomic E-state index is 13.5. The van der Waals surface area contributed by atoms with Gasteiger partial charge >= 0.3 is 0 Å². The Labute approximate surface area is 186 Å². The number of ether oxygens (including phenoxy) is 1. The summed E-state index contributed by atoms with van der Waals surface area (Å²) in [5.74, 6) is 0.273. The third-order valence-corrected chi connectivity index (χ3v) is 6.84. The van der Waals surface area contributed by atoms with Gasteiger partial charge in [-0.2, -0.15) is 0 Å². The highest BCUT2D eigenvalue weighted by molar-refractivity contribution is 6.33. The van der Waals surface area contributed by atoms with Gasteiger partial charge in [0.1, 0.15) is 11.6 Å². The fourth-order valence-corrected chi connectivity index (χ4v) is 4.91. The highest BCUT2D eigenvalue weighted by Gasteiger charge is 2.46. The first-order valence-corrected chi connectivity index (χ1v) is 11.1. The van der Waals surface area contributed by atoms with Gasteiger partial charge in [-0.1, -0.05) is 11.6 Å². The van der Waals surface area contributed by atoms with Gasteiger partial charge in [0.25, 0.3) is 5.91 Å². The van der Waals surface area contributed by atoms with E-state index in [1.807, 2.05) is 36.1 Å². The molecule has 0 N–H and O–H groups in total. The molecule has 1 atom stereocenters. The maximum Gasteiger partial charge on any atom is 0.263 e. The third-order valence-electron chi connectivity index (χ3n) is 6.53. The Morgan fingerprint density at radius 1 is 1.16 bits per heavy atom. The lowest BCUT2D eigenvalue weighted by Crippen LogP contribution is -2.46. The van der Waals surface area contributed by atoms with Crippen molar-refractivity contribution < 1.29 is 13.9 Å². The van der Waals surface area contributed by atoms with E-state index >= 15 is 0 Å². The fourth-order valence-electron chi connectivity index (χ4n) is 4.64. The molecule has 6 heteroatoms. The number of hydrogen-bond acceptors (Lipinski definition) is 3. The van der Waals surface area contributed by atoms with Gasteiger partial charge < -0.3 is 9.64 Å². The number of carbonyl (C=O) groups is 1. The van der Waals surface area contributed by atoms with Crippen LogP contribution in [-0.2, 0) is 4.79 Å². The normalized spacial score (nSPS) is 18.2. The molecule has 1 saturated heterocycles. The number of nitrogens with zero attached hydrogens (tertiary/aromatic N) is 2. The quantitative estimate of drug-likeness (QED) is 0.512. The van der Waals surface area contributed by atoms with E-state index in [2.05, 4.69) is 4.98 Å². The van der Waals surface area contributed by atoms with E-state index in [0.29, 0.717) is 16.2 Å². The fraction of sp³-hybridized carbons (Fsp3) is 0.360. The summed E-state index contributed by atoms with van der Waals surface area (Å²) in [5, 5.41) is 1.23. The van der Waals surface area contributed by atoms with E-state index < -0.39 is 6.10 Å². The first-order valence-electron chi connectivity index (χ1n) is 10.7. The molecule has 1 aliphatic carbocycles. The Kier molecular flexibility index (Phi) is 5.09. The van der Waals surface area contributed by atoms with Crippen LogP contribution in [0.1, 0.15) is 32.6 Å². The van der Waals surface area contributed by atoms with E-state index in [1.165, 1.54) is 31.4 Å². The molecule has 160 valence electrons. The van der Waals surface area contributed by atoms with Crippen LogP contribution in [0.15, 0.2) is 48.7 Å². The topological polar surface area (TPSA) is 42.4 Å². The van der Waals surface area contributed by atoms with Crippen molar-refractivity contribution >= 4 is 28.4 Å². The monoisotopic (exact) mass is 438 g/mol. The van der Waals surface area contributed by atoms with E-state index in [-0.39, 0.29) is 11.7 Å². The third kappa shape index (κ3) is 3.99. The Morgan fingerprint density at radius 2 is 2.00 bits per heavy atom. The van der Waals surface area contributed by atoms with Crippen LogP contribution < -0.4 is 4.74 Å². The van der Waals surface area contributed by atoms with Crippen molar-refractivity contribution in [2.24, 2.45) is 5.41 Å². The number of likely N-dealkylation sites (tertiary alicyclic amines) is 1. The van der Waals surface area contributed by atoms with Crippen LogP contribution >= 0.6 is 11.6 Å². The predicted octanol–water partition coefficient (Wildman–Crippen LogP) is 5.86. The van der Waals surface area contributed by atoms with Crippen molar-refractivity contribution in [2.75, 3.05) is 13.1 Å². The van der Waals surface area contributed by atoms with Crippen molar-refractivity contribution in [3.05, 3.63) is 59.5 Å². The number of halogens is 2. The molecular formula is C25H24ClFN2O2. The number of aromatic nitrogens is 1. The molecule has 0 bridgehead atoms.